The molecule has 2 aliphatic rings. The lowest BCUT2D eigenvalue weighted by Gasteiger charge is -2.30. The largest absolute Gasteiger partial charge is 0.490 e. The first kappa shape index (κ1) is 28.0. The lowest BCUT2D eigenvalue weighted by atomic mass is 10.0. The molecule has 3 aromatic carbocycles. The van der Waals surface area contributed by atoms with Gasteiger partial charge in [0, 0.05) is 23.1 Å². The topological polar surface area (TPSA) is 75.7 Å². The number of benzene rings is 3. The molecule has 0 radical (unpaired) electrons. The Morgan fingerprint density at radius 1 is 1.03 bits per heavy atom. The lowest BCUT2D eigenvalue weighted by molar-refractivity contribution is -0.143. The van der Waals surface area contributed by atoms with Crippen LogP contribution in [0.5, 0.6) is 5.75 Å². The van der Waals surface area contributed by atoms with E-state index in [9.17, 15) is 13.2 Å². The van der Waals surface area contributed by atoms with Gasteiger partial charge in [0.15, 0.2) is 6.04 Å². The summed E-state index contributed by atoms with van der Waals surface area (Å²) in [7, 11) is -4.49. The van der Waals surface area contributed by atoms with Crippen LogP contribution >= 0.6 is 15.9 Å². The third-order valence-electron chi connectivity index (χ3n) is 7.55. The number of rotatable bonds is 8. The number of hydrogen-bond donors (Lipinski definition) is 1. The molecule has 1 saturated heterocycles. The van der Waals surface area contributed by atoms with E-state index in [1.165, 1.54) is 41.3 Å². The van der Waals surface area contributed by atoms with Crippen LogP contribution in [0.15, 0.2) is 70.0 Å². The first-order chi connectivity index (χ1) is 18.5. The first-order valence-electron chi connectivity index (χ1n) is 13.2. The Bertz CT molecular complexity index is 1460. The summed E-state index contributed by atoms with van der Waals surface area (Å²) in [5, 5.41) is 1.39. The fraction of sp³-hybridized carbons (Fsp3) is 0.414. The average Bonchev–Trinajstić information content (AvgIpc) is 3.58. The second kappa shape index (κ2) is 11.1. The van der Waals surface area contributed by atoms with Gasteiger partial charge in [-0.1, -0.05) is 47.1 Å². The molecule has 39 heavy (non-hydrogen) atoms. The number of alkyl halides is 2. The van der Waals surface area contributed by atoms with Crippen molar-refractivity contribution in [2.24, 2.45) is 5.92 Å². The summed E-state index contributed by atoms with van der Waals surface area (Å²) >= 11 is 3.22. The van der Waals surface area contributed by atoms with Gasteiger partial charge in [-0.2, -0.15) is 13.5 Å². The number of ether oxygens (including phenoxy) is 1. The summed E-state index contributed by atoms with van der Waals surface area (Å²) in [6.45, 7) is 2.53. The van der Waals surface area contributed by atoms with E-state index in [-0.39, 0.29) is 16.9 Å². The predicted molar refractivity (Wildman–Crippen MR) is 149 cm³/mol. The highest BCUT2D eigenvalue weighted by atomic mass is 79.9. The Labute approximate surface area is 235 Å². The van der Waals surface area contributed by atoms with E-state index < -0.39 is 33.5 Å². The summed E-state index contributed by atoms with van der Waals surface area (Å²) in [5.41, 5.74) is -0.452. The molecule has 1 saturated carbocycles. The minimum atomic E-state index is -4.49. The van der Waals surface area contributed by atoms with E-state index in [4.69, 9.17) is 4.74 Å². The van der Waals surface area contributed by atoms with Crippen LogP contribution in [-0.2, 0) is 20.7 Å². The van der Waals surface area contributed by atoms with Crippen LogP contribution in [0.25, 0.3) is 10.8 Å². The maximum Gasteiger partial charge on any atom is 0.298 e. The van der Waals surface area contributed by atoms with Crippen molar-refractivity contribution in [1.29, 1.82) is 0 Å². The summed E-state index contributed by atoms with van der Waals surface area (Å²) in [5.74, 6) is -3.87. The van der Waals surface area contributed by atoms with Crippen LogP contribution in [0.2, 0.25) is 0 Å². The van der Waals surface area contributed by atoms with Gasteiger partial charge in [0.05, 0.1) is 11.0 Å². The number of nitrogens with one attached hydrogen (secondary N) is 1. The highest BCUT2D eigenvalue weighted by Gasteiger charge is 2.50. The Morgan fingerprint density at radius 2 is 1.69 bits per heavy atom. The quantitative estimate of drug-likeness (QED) is 0.324. The van der Waals surface area contributed by atoms with Crippen molar-refractivity contribution < 1.29 is 26.7 Å². The van der Waals surface area contributed by atoms with Gasteiger partial charge < -0.3 is 9.64 Å². The second-order valence-electron chi connectivity index (χ2n) is 10.6. The Hall–Kier alpha value is -2.56. The lowest BCUT2D eigenvalue weighted by Crippen LogP contribution is -2.55. The van der Waals surface area contributed by atoms with Crippen LogP contribution in [0.3, 0.4) is 0 Å². The summed E-state index contributed by atoms with van der Waals surface area (Å²) in [6.07, 6.45) is 5.18. The third-order valence-corrected chi connectivity index (χ3v) is 9.49. The zero-order chi connectivity index (χ0) is 27.8. The summed E-state index contributed by atoms with van der Waals surface area (Å²) < 4.78 is 67.3. The van der Waals surface area contributed by atoms with Crippen LogP contribution < -0.4 is 9.46 Å². The number of nitrogens with zero attached hydrogens (tertiary/aromatic N) is 1. The zero-order valence-corrected chi connectivity index (χ0v) is 24.0. The van der Waals surface area contributed by atoms with Crippen LogP contribution in [0.1, 0.15) is 44.6 Å². The fourth-order valence-corrected chi connectivity index (χ4v) is 6.79. The normalized spacial score (nSPS) is 19.5. The predicted octanol–water partition coefficient (Wildman–Crippen LogP) is 6.23. The van der Waals surface area contributed by atoms with Crippen molar-refractivity contribution in [3.8, 4) is 5.75 Å². The second-order valence-corrected chi connectivity index (χ2v) is 13.2. The molecule has 2 fully saturated rings. The monoisotopic (exact) mass is 620 g/mol. The number of likely N-dealkylation sites (tertiary alicyclic amines) is 1. The maximum atomic E-state index is 15.9. The van der Waals surface area contributed by atoms with Gasteiger partial charge in [-0.25, -0.2) is 8.42 Å². The van der Waals surface area contributed by atoms with Crippen molar-refractivity contribution in [2.75, 3.05) is 13.1 Å². The molecule has 1 amide bonds. The SMILES string of the molecule is C[C@@H]1CCN(C(=O)C(NS(=O)(=O)c2ccc3cc(OC4CCCC4)ccc3c2)C(F)(F)c2ccc(Br)cc2)C1. The summed E-state index contributed by atoms with van der Waals surface area (Å²) in [6, 6.07) is 12.7. The molecule has 0 spiro atoms. The van der Waals surface area contributed by atoms with Crippen LogP contribution in [-0.4, -0.2) is 44.5 Å². The van der Waals surface area contributed by atoms with E-state index in [0.717, 1.165) is 31.1 Å². The number of hydrogen-bond acceptors (Lipinski definition) is 4. The molecule has 1 heterocycles. The highest BCUT2D eigenvalue weighted by Crippen LogP contribution is 2.36. The standard InChI is InChI=1S/C29H31BrF2N2O4S/c1-19-14-15-34(18-19)28(35)27(29(31,32)22-8-10-23(30)11-9-22)33-39(36,37)26-13-7-20-16-25(12-6-21(20)17-26)38-24-4-2-3-5-24/h6-13,16-17,19,24,27,33H,2-5,14-15,18H2,1H3/t19-,27?/m1/s1. The Kier molecular flexibility index (Phi) is 7.99. The van der Waals surface area contributed by atoms with Gasteiger partial charge in [-0.15, -0.1) is 0 Å². The van der Waals surface area contributed by atoms with Gasteiger partial charge in [0.25, 0.3) is 5.92 Å². The Balaban J connectivity index is 1.44. The molecule has 1 aliphatic carbocycles. The molecule has 0 aromatic heterocycles. The van der Waals surface area contributed by atoms with Crippen LogP contribution in [0.4, 0.5) is 8.78 Å². The van der Waals surface area contributed by atoms with E-state index in [2.05, 4.69) is 20.7 Å². The smallest absolute Gasteiger partial charge is 0.298 e. The van der Waals surface area contributed by atoms with Crippen molar-refractivity contribution in [2.45, 2.75) is 62.0 Å². The molecular formula is C29H31BrF2N2O4S. The molecule has 208 valence electrons. The summed E-state index contributed by atoms with van der Waals surface area (Å²) in [4.78, 5) is 14.5. The Morgan fingerprint density at radius 3 is 2.36 bits per heavy atom. The fourth-order valence-electron chi connectivity index (χ4n) is 5.30. The molecular weight excluding hydrogens is 590 g/mol. The third kappa shape index (κ3) is 6.12. The molecule has 0 bridgehead atoms. The molecule has 1 N–H and O–H groups in total. The van der Waals surface area contributed by atoms with Crippen molar-refractivity contribution in [1.82, 2.24) is 9.62 Å². The minimum absolute atomic E-state index is 0.149. The van der Waals surface area contributed by atoms with E-state index in [0.29, 0.717) is 35.1 Å². The van der Waals surface area contributed by atoms with Gasteiger partial charge in [0.2, 0.25) is 15.9 Å². The number of carbonyl (C=O) groups is 1. The number of fused-ring (bicyclic) bond motifs is 1. The highest BCUT2D eigenvalue weighted by molar-refractivity contribution is 9.10. The number of halogens is 3. The van der Waals surface area contributed by atoms with E-state index in [1.54, 1.807) is 18.2 Å². The minimum Gasteiger partial charge on any atom is -0.490 e. The molecule has 10 heteroatoms. The van der Waals surface area contributed by atoms with E-state index in [1.807, 2.05) is 13.0 Å². The molecule has 1 unspecified atom stereocenters. The number of sulfonamides is 1. The van der Waals surface area contributed by atoms with Gasteiger partial charge in [0.1, 0.15) is 5.75 Å². The molecule has 5 rings (SSSR count). The van der Waals surface area contributed by atoms with Gasteiger partial charge in [-0.05, 0) is 85.2 Å². The zero-order valence-electron chi connectivity index (χ0n) is 21.6. The van der Waals surface area contributed by atoms with Crippen molar-refractivity contribution in [3.05, 3.63) is 70.7 Å². The number of amides is 1. The van der Waals surface area contributed by atoms with Crippen LogP contribution in [0, 0.1) is 5.92 Å². The maximum absolute atomic E-state index is 15.9. The van der Waals surface area contributed by atoms with Crippen molar-refractivity contribution >= 4 is 42.6 Å². The number of carbonyl (C=O) groups excluding carboxylic acids is 1. The van der Waals surface area contributed by atoms with E-state index >= 15 is 8.78 Å². The molecule has 1 aliphatic heterocycles. The molecule has 2 atom stereocenters. The molecule has 6 nitrogen and oxygen atoms in total. The van der Waals surface area contributed by atoms with Gasteiger partial charge >= 0.3 is 0 Å². The van der Waals surface area contributed by atoms with Crippen molar-refractivity contribution in [3.63, 3.8) is 0 Å². The first-order valence-corrected chi connectivity index (χ1v) is 15.5. The van der Waals surface area contributed by atoms with Gasteiger partial charge in [-0.3, -0.25) is 4.79 Å². The molecule has 3 aromatic rings. The average molecular weight is 622 g/mol.